The van der Waals surface area contributed by atoms with Crippen molar-refractivity contribution < 1.29 is 13.2 Å². The molecule has 0 radical (unpaired) electrons. The van der Waals surface area contributed by atoms with Crippen LogP contribution in [0, 0.1) is 0 Å². The number of H-pyrrole nitrogens is 1. The van der Waals surface area contributed by atoms with E-state index < -0.39 is 15.7 Å². The van der Waals surface area contributed by atoms with E-state index >= 15 is 0 Å². The third kappa shape index (κ3) is 5.54. The number of pyridine rings is 5. The summed E-state index contributed by atoms with van der Waals surface area (Å²) in [6, 6.07) is 14.6. The lowest BCUT2D eigenvalue weighted by Gasteiger charge is -2.29. The van der Waals surface area contributed by atoms with E-state index in [0.717, 1.165) is 28.6 Å². The van der Waals surface area contributed by atoms with Crippen LogP contribution in [0.5, 0.6) is 0 Å². The van der Waals surface area contributed by atoms with Crippen LogP contribution in [0.25, 0.3) is 22.3 Å². The second kappa shape index (κ2) is 10.5. The molecule has 0 spiro atoms. The fourth-order valence-corrected chi connectivity index (χ4v) is 5.35. The topological polar surface area (TPSA) is 151 Å². The van der Waals surface area contributed by atoms with Gasteiger partial charge >= 0.3 is 0 Å². The Kier molecular flexibility index (Phi) is 6.75. The summed E-state index contributed by atoms with van der Waals surface area (Å²) in [5, 5.41) is 3.59. The molecule has 2 N–H and O–H groups in total. The van der Waals surface area contributed by atoms with E-state index in [-0.39, 0.29) is 22.6 Å². The number of anilines is 1. The van der Waals surface area contributed by atoms with Crippen LogP contribution in [-0.4, -0.2) is 52.0 Å². The number of aromatic nitrogens is 5. The van der Waals surface area contributed by atoms with Gasteiger partial charge in [0, 0.05) is 55.1 Å². The van der Waals surface area contributed by atoms with Crippen molar-refractivity contribution in [2.75, 3.05) is 17.7 Å². The Morgan fingerprint density at radius 2 is 1.90 bits per heavy atom. The normalized spacial score (nSPS) is 13.1. The molecule has 0 fully saturated rings. The van der Waals surface area contributed by atoms with Crippen LogP contribution in [0.3, 0.4) is 0 Å². The quantitative estimate of drug-likeness (QED) is 0.316. The van der Waals surface area contributed by atoms with E-state index in [0.29, 0.717) is 42.1 Å². The van der Waals surface area contributed by atoms with Crippen LogP contribution >= 0.6 is 0 Å². The van der Waals surface area contributed by atoms with Crippen molar-refractivity contribution in [1.82, 2.24) is 30.2 Å². The highest BCUT2D eigenvalue weighted by molar-refractivity contribution is 7.90. The van der Waals surface area contributed by atoms with Gasteiger partial charge in [-0.2, -0.15) is 0 Å². The number of carbonyl (C=O) groups excluding carboxylic acids is 1. The molecule has 0 aromatic carbocycles. The number of fused-ring (bicyclic) bond motifs is 2. The third-order valence-electron chi connectivity index (χ3n) is 6.94. The van der Waals surface area contributed by atoms with Crippen LogP contribution in [0.1, 0.15) is 27.2 Å². The van der Waals surface area contributed by atoms with Crippen molar-refractivity contribution in [3.8, 4) is 11.4 Å². The molecule has 0 unspecified atom stereocenters. The maximum atomic E-state index is 12.6. The first-order valence-corrected chi connectivity index (χ1v) is 14.7. The third-order valence-corrected chi connectivity index (χ3v) is 8.02. The summed E-state index contributed by atoms with van der Waals surface area (Å²) in [7, 11) is -3.48. The van der Waals surface area contributed by atoms with Gasteiger partial charge in [0.15, 0.2) is 9.84 Å². The molecule has 5 aromatic rings. The summed E-state index contributed by atoms with van der Waals surface area (Å²) >= 11 is 0. The lowest BCUT2D eigenvalue weighted by Crippen LogP contribution is -2.34. The molecule has 0 atom stereocenters. The number of rotatable bonds is 6. The van der Waals surface area contributed by atoms with E-state index in [1.807, 2.05) is 36.4 Å². The second-order valence-corrected chi connectivity index (χ2v) is 11.8. The van der Waals surface area contributed by atoms with Gasteiger partial charge < -0.3 is 15.2 Å². The summed E-state index contributed by atoms with van der Waals surface area (Å²) in [5.41, 5.74) is 4.63. The lowest BCUT2D eigenvalue weighted by atomic mass is 10.0. The van der Waals surface area contributed by atoms with E-state index in [2.05, 4.69) is 25.2 Å². The zero-order chi connectivity index (χ0) is 28.6. The molecule has 0 aliphatic carbocycles. The van der Waals surface area contributed by atoms with Crippen molar-refractivity contribution in [3.05, 3.63) is 106 Å². The standard InChI is InChI=1S/C29H25N7O4S/c1-41(39,40)22-11-20(13-30-16-22)28(37)33-15-21-12-26-18(14-32-21)5-6-25(34-26)24-3-2-4-27(35-24)36-10-8-23-19(17-36)7-9-31-29(23)38/h2-7,9,11-14,16H,8,10,15,17H2,1H3,(H,31,38)(H,33,37). The first kappa shape index (κ1) is 26.3. The zero-order valence-electron chi connectivity index (χ0n) is 22.0. The predicted molar refractivity (Wildman–Crippen MR) is 153 cm³/mol. The van der Waals surface area contributed by atoms with Gasteiger partial charge in [-0.25, -0.2) is 18.4 Å². The van der Waals surface area contributed by atoms with Gasteiger partial charge in [0.25, 0.3) is 11.5 Å². The fourth-order valence-electron chi connectivity index (χ4n) is 4.76. The molecular weight excluding hydrogens is 542 g/mol. The predicted octanol–water partition coefficient (Wildman–Crippen LogP) is 2.67. The molecule has 11 nitrogen and oxygen atoms in total. The maximum Gasteiger partial charge on any atom is 0.253 e. The smallest absolute Gasteiger partial charge is 0.253 e. The molecular formula is C29H25N7O4S. The van der Waals surface area contributed by atoms with Gasteiger partial charge in [0.1, 0.15) is 5.82 Å². The van der Waals surface area contributed by atoms with E-state index in [1.165, 1.54) is 18.5 Å². The minimum Gasteiger partial charge on any atom is -0.352 e. The summed E-state index contributed by atoms with van der Waals surface area (Å²) in [4.78, 5) is 47.6. The van der Waals surface area contributed by atoms with Crippen molar-refractivity contribution in [3.63, 3.8) is 0 Å². The highest BCUT2D eigenvalue weighted by Gasteiger charge is 2.20. The number of amides is 1. The SMILES string of the molecule is CS(=O)(=O)c1cncc(C(=O)NCc2cc3nc(-c4cccc(N5CCc6c(cc[nH]c6=O)C5)n4)ccc3cn2)c1. The molecule has 41 heavy (non-hydrogen) atoms. The van der Waals surface area contributed by atoms with E-state index in [9.17, 15) is 18.0 Å². The Labute approximate surface area is 235 Å². The Bertz CT molecular complexity index is 1970. The summed E-state index contributed by atoms with van der Waals surface area (Å²) in [6.07, 6.45) is 7.60. The van der Waals surface area contributed by atoms with Crippen LogP contribution in [0.2, 0.25) is 0 Å². The van der Waals surface area contributed by atoms with Gasteiger partial charge in [0.2, 0.25) is 0 Å². The fraction of sp³-hybridized carbons (Fsp3) is 0.172. The number of sulfone groups is 1. The van der Waals surface area contributed by atoms with E-state index in [1.54, 1.807) is 18.5 Å². The molecule has 6 rings (SSSR count). The molecule has 206 valence electrons. The number of carbonyl (C=O) groups is 1. The average Bonchev–Trinajstić information content (AvgIpc) is 2.99. The summed E-state index contributed by atoms with van der Waals surface area (Å²) in [5.74, 6) is 0.348. The van der Waals surface area contributed by atoms with Gasteiger partial charge in [-0.1, -0.05) is 6.07 Å². The maximum absolute atomic E-state index is 12.6. The van der Waals surface area contributed by atoms with Crippen LogP contribution in [0.4, 0.5) is 5.82 Å². The monoisotopic (exact) mass is 567 g/mol. The zero-order valence-corrected chi connectivity index (χ0v) is 22.9. The average molecular weight is 568 g/mol. The summed E-state index contributed by atoms with van der Waals surface area (Å²) in [6.45, 7) is 1.42. The molecule has 5 aromatic heterocycles. The molecule has 0 bridgehead atoms. The number of nitrogens with one attached hydrogen (secondary N) is 2. The van der Waals surface area contributed by atoms with E-state index in [4.69, 9.17) is 9.97 Å². The van der Waals surface area contributed by atoms with Crippen molar-refractivity contribution in [2.24, 2.45) is 0 Å². The number of hydrogen-bond acceptors (Lipinski definition) is 9. The first-order valence-electron chi connectivity index (χ1n) is 12.9. The second-order valence-electron chi connectivity index (χ2n) is 9.79. The van der Waals surface area contributed by atoms with Gasteiger partial charge in [-0.15, -0.1) is 0 Å². The Hall–Kier alpha value is -4.97. The minimum atomic E-state index is -3.48. The van der Waals surface area contributed by atoms with Crippen molar-refractivity contribution in [2.45, 2.75) is 24.4 Å². The minimum absolute atomic E-state index is 0.0243. The molecule has 1 aliphatic rings. The lowest BCUT2D eigenvalue weighted by molar-refractivity contribution is 0.0950. The highest BCUT2D eigenvalue weighted by atomic mass is 32.2. The largest absolute Gasteiger partial charge is 0.352 e. The number of hydrogen-bond donors (Lipinski definition) is 2. The first-order chi connectivity index (χ1) is 19.7. The molecule has 0 saturated carbocycles. The number of nitrogens with zero attached hydrogens (tertiary/aromatic N) is 5. The van der Waals surface area contributed by atoms with Crippen LogP contribution in [0.15, 0.2) is 83.0 Å². The molecule has 12 heteroatoms. The Morgan fingerprint density at radius 1 is 1.05 bits per heavy atom. The van der Waals surface area contributed by atoms with Crippen molar-refractivity contribution in [1.29, 1.82) is 0 Å². The van der Waals surface area contributed by atoms with Crippen molar-refractivity contribution >= 4 is 32.5 Å². The van der Waals surface area contributed by atoms with Gasteiger partial charge in [0.05, 0.1) is 39.6 Å². The summed E-state index contributed by atoms with van der Waals surface area (Å²) < 4.78 is 23.6. The number of aromatic amines is 1. The molecule has 0 saturated heterocycles. The van der Waals surface area contributed by atoms with Crippen LogP contribution in [-0.2, 0) is 29.3 Å². The van der Waals surface area contributed by atoms with Gasteiger partial charge in [-0.3, -0.25) is 19.6 Å². The molecule has 1 amide bonds. The highest BCUT2D eigenvalue weighted by Crippen LogP contribution is 2.25. The van der Waals surface area contributed by atoms with Crippen LogP contribution < -0.4 is 15.8 Å². The Morgan fingerprint density at radius 3 is 2.76 bits per heavy atom. The Balaban J connectivity index is 1.20. The molecule has 1 aliphatic heterocycles. The molecule has 6 heterocycles. The van der Waals surface area contributed by atoms with Gasteiger partial charge in [-0.05, 0) is 54.4 Å².